The van der Waals surface area contributed by atoms with Crippen LogP contribution in [0, 0.1) is 0 Å². The van der Waals surface area contributed by atoms with Crippen molar-refractivity contribution in [2.45, 2.75) is 12.5 Å². The molecule has 0 saturated heterocycles. The molecule has 0 aliphatic carbocycles. The average Bonchev–Trinajstić information content (AvgIpc) is 2.17. The van der Waals surface area contributed by atoms with Gasteiger partial charge in [0.05, 0.1) is 0 Å². The highest BCUT2D eigenvalue weighted by molar-refractivity contribution is 5.80. The zero-order valence-corrected chi connectivity index (χ0v) is 7.74. The van der Waals surface area contributed by atoms with Crippen LogP contribution in [0.1, 0.15) is 12.5 Å². The van der Waals surface area contributed by atoms with Crippen LogP contribution < -0.4 is 5.32 Å². The van der Waals surface area contributed by atoms with Crippen LogP contribution in [0.2, 0.25) is 0 Å². The molecule has 70 valence electrons. The van der Waals surface area contributed by atoms with Crippen LogP contribution in [0.25, 0.3) is 0 Å². The first-order chi connectivity index (χ1) is 6.11. The van der Waals surface area contributed by atoms with E-state index in [0.29, 0.717) is 0 Å². The summed E-state index contributed by atoms with van der Waals surface area (Å²) >= 11 is 0. The summed E-state index contributed by atoms with van der Waals surface area (Å²) in [6.07, 6.45) is 0. The van der Waals surface area contributed by atoms with Crippen LogP contribution >= 0.6 is 0 Å². The molecule has 3 heteroatoms. The van der Waals surface area contributed by atoms with Crippen molar-refractivity contribution in [2.75, 3.05) is 7.05 Å². The van der Waals surface area contributed by atoms with E-state index in [-0.39, 0.29) is 0 Å². The minimum absolute atomic E-state index is 0.755. The summed E-state index contributed by atoms with van der Waals surface area (Å²) in [4.78, 5) is 11.0. The number of benzene rings is 1. The lowest BCUT2D eigenvalue weighted by molar-refractivity contribution is -0.144. The molecule has 2 N–H and O–H groups in total. The lowest BCUT2D eigenvalue weighted by Crippen LogP contribution is -2.44. The third kappa shape index (κ3) is 1.70. The molecule has 1 aromatic rings. The van der Waals surface area contributed by atoms with Crippen LogP contribution in [0.3, 0.4) is 0 Å². The minimum atomic E-state index is -0.999. The molecule has 0 aliphatic heterocycles. The van der Waals surface area contributed by atoms with Gasteiger partial charge in [-0.1, -0.05) is 30.3 Å². The van der Waals surface area contributed by atoms with Gasteiger partial charge in [-0.2, -0.15) is 0 Å². The maximum atomic E-state index is 11.0. The molecular weight excluding hydrogens is 166 g/mol. The van der Waals surface area contributed by atoms with E-state index in [2.05, 4.69) is 5.32 Å². The fourth-order valence-corrected chi connectivity index (χ4v) is 1.15. The van der Waals surface area contributed by atoms with Crippen molar-refractivity contribution < 1.29 is 9.90 Å². The molecule has 0 unspecified atom stereocenters. The number of likely N-dealkylation sites (N-methyl/N-ethyl adjacent to an activating group) is 1. The second-order valence-corrected chi connectivity index (χ2v) is 3.05. The summed E-state index contributed by atoms with van der Waals surface area (Å²) in [5.41, 5.74) is -0.244. The molecule has 1 atom stereocenters. The van der Waals surface area contributed by atoms with Gasteiger partial charge in [0.25, 0.3) is 0 Å². The number of carboxylic acids is 1. The summed E-state index contributed by atoms with van der Waals surface area (Å²) in [6.45, 7) is 1.64. The Bertz CT molecular complexity index is 297. The fraction of sp³-hybridized carbons (Fsp3) is 0.300. The quantitative estimate of drug-likeness (QED) is 0.733. The molecule has 0 spiro atoms. The number of carbonyl (C=O) groups is 1. The number of hydrogen-bond donors (Lipinski definition) is 2. The lowest BCUT2D eigenvalue weighted by atomic mass is 9.92. The van der Waals surface area contributed by atoms with Gasteiger partial charge in [0, 0.05) is 0 Å². The van der Waals surface area contributed by atoms with E-state index in [1.165, 1.54) is 0 Å². The van der Waals surface area contributed by atoms with Crippen LogP contribution in [-0.2, 0) is 10.3 Å². The SMILES string of the molecule is CN[C@@](C)(C(=O)O)c1ccccc1. The van der Waals surface area contributed by atoms with Gasteiger partial charge in [-0.25, -0.2) is 4.79 Å². The van der Waals surface area contributed by atoms with Gasteiger partial charge in [-0.05, 0) is 19.5 Å². The van der Waals surface area contributed by atoms with Crippen molar-refractivity contribution in [3.8, 4) is 0 Å². The molecule has 0 saturated carbocycles. The summed E-state index contributed by atoms with van der Waals surface area (Å²) in [5, 5.41) is 11.8. The average molecular weight is 179 g/mol. The first kappa shape index (κ1) is 9.74. The Morgan fingerprint density at radius 3 is 2.31 bits per heavy atom. The number of hydrogen-bond acceptors (Lipinski definition) is 2. The monoisotopic (exact) mass is 179 g/mol. The Hall–Kier alpha value is -1.35. The summed E-state index contributed by atoms with van der Waals surface area (Å²) in [7, 11) is 1.64. The predicted octanol–water partition coefficient (Wildman–Crippen LogP) is 1.21. The van der Waals surface area contributed by atoms with E-state index in [1.54, 1.807) is 26.1 Å². The third-order valence-electron chi connectivity index (χ3n) is 2.28. The number of rotatable bonds is 3. The maximum Gasteiger partial charge on any atom is 0.328 e. The molecule has 13 heavy (non-hydrogen) atoms. The van der Waals surface area contributed by atoms with E-state index in [9.17, 15) is 4.79 Å². The van der Waals surface area contributed by atoms with Gasteiger partial charge < -0.3 is 10.4 Å². The van der Waals surface area contributed by atoms with Gasteiger partial charge in [0.1, 0.15) is 5.54 Å². The van der Waals surface area contributed by atoms with Crippen LogP contribution in [0.4, 0.5) is 0 Å². The maximum absolute atomic E-state index is 11.0. The molecule has 3 nitrogen and oxygen atoms in total. The van der Waals surface area contributed by atoms with Gasteiger partial charge in [0.2, 0.25) is 0 Å². The van der Waals surface area contributed by atoms with E-state index in [1.807, 2.05) is 18.2 Å². The highest BCUT2D eigenvalue weighted by Crippen LogP contribution is 2.19. The van der Waals surface area contributed by atoms with Crippen molar-refractivity contribution in [1.29, 1.82) is 0 Å². The Morgan fingerprint density at radius 1 is 1.38 bits per heavy atom. The molecule has 1 rings (SSSR count). The van der Waals surface area contributed by atoms with Crippen LogP contribution in [0.15, 0.2) is 30.3 Å². The molecule has 0 fully saturated rings. The van der Waals surface area contributed by atoms with Crippen LogP contribution in [-0.4, -0.2) is 18.1 Å². The standard InChI is InChI=1S/C10H13NO2/c1-10(11-2,9(12)13)8-6-4-3-5-7-8/h3-7,11H,1-2H3,(H,12,13)/t10-/m1/s1. The van der Waals surface area contributed by atoms with Gasteiger partial charge in [-0.15, -0.1) is 0 Å². The van der Waals surface area contributed by atoms with E-state index < -0.39 is 11.5 Å². The van der Waals surface area contributed by atoms with Gasteiger partial charge in [-0.3, -0.25) is 0 Å². The number of carboxylic acid groups (broad SMARTS) is 1. The molecule has 0 aromatic heterocycles. The molecule has 0 aliphatic rings. The highest BCUT2D eigenvalue weighted by atomic mass is 16.4. The minimum Gasteiger partial charge on any atom is -0.480 e. The normalized spacial score (nSPS) is 14.9. The largest absolute Gasteiger partial charge is 0.480 e. The Kier molecular flexibility index (Phi) is 2.68. The van der Waals surface area contributed by atoms with Crippen molar-refractivity contribution in [2.24, 2.45) is 0 Å². The van der Waals surface area contributed by atoms with E-state index in [0.717, 1.165) is 5.56 Å². The Morgan fingerprint density at radius 2 is 1.92 bits per heavy atom. The van der Waals surface area contributed by atoms with E-state index in [4.69, 9.17) is 5.11 Å². The first-order valence-electron chi connectivity index (χ1n) is 4.09. The third-order valence-corrected chi connectivity index (χ3v) is 2.28. The lowest BCUT2D eigenvalue weighted by Gasteiger charge is -2.24. The van der Waals surface area contributed by atoms with Crippen LogP contribution in [0.5, 0.6) is 0 Å². The Labute approximate surface area is 77.4 Å². The molecular formula is C10H13NO2. The van der Waals surface area contributed by atoms with Crippen molar-refractivity contribution in [1.82, 2.24) is 5.32 Å². The summed E-state index contributed by atoms with van der Waals surface area (Å²) in [5.74, 6) is -0.874. The number of nitrogens with one attached hydrogen (secondary N) is 1. The first-order valence-corrected chi connectivity index (χ1v) is 4.09. The smallest absolute Gasteiger partial charge is 0.328 e. The molecule has 0 amide bonds. The van der Waals surface area contributed by atoms with E-state index >= 15 is 0 Å². The van der Waals surface area contributed by atoms with Crippen molar-refractivity contribution in [3.05, 3.63) is 35.9 Å². The molecule has 0 bridgehead atoms. The highest BCUT2D eigenvalue weighted by Gasteiger charge is 2.32. The van der Waals surface area contributed by atoms with Crippen molar-refractivity contribution >= 4 is 5.97 Å². The summed E-state index contributed by atoms with van der Waals surface area (Å²) in [6, 6.07) is 9.11. The summed E-state index contributed by atoms with van der Waals surface area (Å²) < 4.78 is 0. The second-order valence-electron chi connectivity index (χ2n) is 3.05. The molecule has 0 heterocycles. The number of aliphatic carboxylic acids is 1. The Balaban J connectivity index is 3.11. The van der Waals surface area contributed by atoms with Crippen molar-refractivity contribution in [3.63, 3.8) is 0 Å². The topological polar surface area (TPSA) is 49.3 Å². The zero-order valence-electron chi connectivity index (χ0n) is 7.74. The zero-order chi connectivity index (χ0) is 9.90. The molecule has 1 aromatic carbocycles. The van der Waals surface area contributed by atoms with Gasteiger partial charge in [0.15, 0.2) is 0 Å². The van der Waals surface area contributed by atoms with Gasteiger partial charge >= 0.3 is 5.97 Å². The predicted molar refractivity (Wildman–Crippen MR) is 50.5 cm³/mol. The fourth-order valence-electron chi connectivity index (χ4n) is 1.15. The second kappa shape index (κ2) is 3.58. The molecule has 0 radical (unpaired) electrons.